The standard InChI is InChI=1S/C11H16N4O2/c1-17-10(16)9(12)8-4-2-7(3-5-8)6-15-11(13)14/h2-5,9H,6,12H2,1H3,(H4,13,14,15). The third-order valence-electron chi connectivity index (χ3n) is 2.28. The Morgan fingerprint density at radius 1 is 1.47 bits per heavy atom. The van der Waals surface area contributed by atoms with Gasteiger partial charge in [-0.2, -0.15) is 0 Å². The van der Waals surface area contributed by atoms with Crippen molar-refractivity contribution in [3.8, 4) is 0 Å². The lowest BCUT2D eigenvalue weighted by Crippen LogP contribution is -2.29. The molecule has 17 heavy (non-hydrogen) atoms. The van der Waals surface area contributed by atoms with E-state index in [1.807, 2.05) is 12.1 Å². The Morgan fingerprint density at radius 3 is 2.53 bits per heavy atom. The summed E-state index contributed by atoms with van der Waals surface area (Å²) < 4.78 is 4.55. The molecule has 0 heterocycles. The molecule has 1 rings (SSSR count). The first-order chi connectivity index (χ1) is 8.04. The van der Waals surface area contributed by atoms with Crippen LogP contribution in [0.25, 0.3) is 0 Å². The number of carbonyl (C=O) groups excluding carboxylic acids is 1. The van der Waals surface area contributed by atoms with Crippen molar-refractivity contribution in [2.75, 3.05) is 7.11 Å². The zero-order chi connectivity index (χ0) is 12.8. The van der Waals surface area contributed by atoms with E-state index in [1.54, 1.807) is 12.1 Å². The Labute approximate surface area is 99.4 Å². The summed E-state index contributed by atoms with van der Waals surface area (Å²) in [6.45, 7) is 0.461. The predicted molar refractivity (Wildman–Crippen MR) is 64.1 cm³/mol. The fraction of sp³-hybridized carbons (Fsp3) is 0.273. The Hall–Kier alpha value is -2.08. The maximum absolute atomic E-state index is 11.2. The van der Waals surface area contributed by atoms with Gasteiger partial charge >= 0.3 is 5.97 Å². The van der Waals surface area contributed by atoms with E-state index in [2.05, 4.69) is 10.1 Å². The number of benzene rings is 1. The van der Waals surface area contributed by atoms with E-state index in [0.717, 1.165) is 5.56 Å². The van der Waals surface area contributed by atoms with Gasteiger partial charge in [0.05, 0.1) is 7.11 Å². The normalized spacial score (nSPS) is 11.6. The number of nitrogens with two attached hydrogens (primary N) is 2. The lowest BCUT2D eigenvalue weighted by Gasteiger charge is -2.10. The molecule has 0 saturated heterocycles. The minimum atomic E-state index is -0.769. The predicted octanol–water partition coefficient (Wildman–Crippen LogP) is -0.158. The summed E-state index contributed by atoms with van der Waals surface area (Å²) in [5.74, 6) is -0.556. The number of guanidine groups is 1. The zero-order valence-corrected chi connectivity index (χ0v) is 9.57. The maximum Gasteiger partial charge on any atom is 0.327 e. The molecule has 92 valence electrons. The third kappa shape index (κ3) is 3.76. The molecule has 1 aromatic carbocycles. The van der Waals surface area contributed by atoms with Gasteiger partial charge in [0.25, 0.3) is 0 Å². The maximum atomic E-state index is 11.2. The van der Waals surface area contributed by atoms with Gasteiger partial charge in [-0.3, -0.25) is 10.2 Å². The van der Waals surface area contributed by atoms with Crippen molar-refractivity contribution in [1.29, 1.82) is 5.41 Å². The van der Waals surface area contributed by atoms with Crippen LogP contribution in [0, 0.1) is 5.41 Å². The monoisotopic (exact) mass is 236 g/mol. The van der Waals surface area contributed by atoms with E-state index >= 15 is 0 Å². The highest BCUT2D eigenvalue weighted by Gasteiger charge is 2.15. The average Bonchev–Trinajstić information content (AvgIpc) is 2.35. The number of methoxy groups -OCH3 is 1. The van der Waals surface area contributed by atoms with Crippen molar-refractivity contribution >= 4 is 11.9 Å². The van der Waals surface area contributed by atoms with Gasteiger partial charge in [-0.1, -0.05) is 24.3 Å². The Balaban J connectivity index is 2.67. The molecule has 0 radical (unpaired) electrons. The van der Waals surface area contributed by atoms with E-state index in [-0.39, 0.29) is 5.96 Å². The van der Waals surface area contributed by atoms with Gasteiger partial charge < -0.3 is 21.5 Å². The second kappa shape index (κ2) is 5.86. The van der Waals surface area contributed by atoms with Gasteiger partial charge in [-0.15, -0.1) is 0 Å². The molecular formula is C11H16N4O2. The van der Waals surface area contributed by atoms with E-state index in [9.17, 15) is 4.79 Å². The minimum Gasteiger partial charge on any atom is -0.468 e. The van der Waals surface area contributed by atoms with Gasteiger partial charge in [-0.05, 0) is 11.1 Å². The summed E-state index contributed by atoms with van der Waals surface area (Å²) in [6, 6.07) is 6.36. The van der Waals surface area contributed by atoms with Crippen LogP contribution < -0.4 is 16.8 Å². The third-order valence-corrected chi connectivity index (χ3v) is 2.28. The van der Waals surface area contributed by atoms with E-state index in [4.69, 9.17) is 16.9 Å². The molecular weight excluding hydrogens is 220 g/mol. The fourth-order valence-electron chi connectivity index (χ4n) is 1.30. The van der Waals surface area contributed by atoms with Crippen LogP contribution in [0.3, 0.4) is 0 Å². The summed E-state index contributed by atoms with van der Waals surface area (Å²) in [6.07, 6.45) is 0. The molecule has 0 aromatic heterocycles. The molecule has 0 bridgehead atoms. The molecule has 0 aliphatic carbocycles. The van der Waals surface area contributed by atoms with Crippen LogP contribution in [-0.4, -0.2) is 19.0 Å². The molecule has 6 heteroatoms. The number of nitrogens with one attached hydrogen (secondary N) is 2. The van der Waals surface area contributed by atoms with Crippen molar-refractivity contribution in [1.82, 2.24) is 5.32 Å². The number of hydrogen-bond acceptors (Lipinski definition) is 4. The van der Waals surface area contributed by atoms with Crippen LogP contribution in [0.4, 0.5) is 0 Å². The van der Waals surface area contributed by atoms with Crippen molar-refractivity contribution < 1.29 is 9.53 Å². The Kier molecular flexibility index (Phi) is 4.47. The number of carbonyl (C=O) groups is 1. The Bertz CT molecular complexity index is 402. The van der Waals surface area contributed by atoms with Gasteiger partial charge in [0, 0.05) is 6.54 Å². The van der Waals surface area contributed by atoms with Gasteiger partial charge in [0.2, 0.25) is 0 Å². The highest BCUT2D eigenvalue weighted by Crippen LogP contribution is 2.12. The summed E-state index contributed by atoms with van der Waals surface area (Å²) in [7, 11) is 1.30. The van der Waals surface area contributed by atoms with Crippen LogP contribution in [0.15, 0.2) is 24.3 Å². The lowest BCUT2D eigenvalue weighted by atomic mass is 10.1. The summed E-state index contributed by atoms with van der Waals surface area (Å²) in [5.41, 5.74) is 12.5. The van der Waals surface area contributed by atoms with Crippen molar-refractivity contribution in [2.24, 2.45) is 11.5 Å². The first-order valence-corrected chi connectivity index (χ1v) is 5.04. The van der Waals surface area contributed by atoms with Crippen LogP contribution in [0.2, 0.25) is 0 Å². The van der Waals surface area contributed by atoms with E-state index < -0.39 is 12.0 Å². The van der Waals surface area contributed by atoms with Gasteiger partial charge in [0.15, 0.2) is 5.96 Å². The molecule has 1 aromatic rings. The molecule has 0 aliphatic rings. The molecule has 0 spiro atoms. The number of hydrogen-bond donors (Lipinski definition) is 4. The van der Waals surface area contributed by atoms with Crippen molar-refractivity contribution in [3.63, 3.8) is 0 Å². The topological polar surface area (TPSA) is 114 Å². The zero-order valence-electron chi connectivity index (χ0n) is 9.57. The highest BCUT2D eigenvalue weighted by atomic mass is 16.5. The molecule has 1 unspecified atom stereocenters. The molecule has 0 fully saturated rings. The molecule has 1 atom stereocenters. The summed E-state index contributed by atoms with van der Waals surface area (Å²) in [5, 5.41) is 9.70. The fourth-order valence-corrected chi connectivity index (χ4v) is 1.30. The van der Waals surface area contributed by atoms with E-state index in [0.29, 0.717) is 12.1 Å². The van der Waals surface area contributed by atoms with Crippen LogP contribution in [-0.2, 0) is 16.1 Å². The van der Waals surface area contributed by atoms with Crippen molar-refractivity contribution in [3.05, 3.63) is 35.4 Å². The Morgan fingerprint density at radius 2 is 2.06 bits per heavy atom. The minimum absolute atomic E-state index is 0.0830. The summed E-state index contributed by atoms with van der Waals surface area (Å²) in [4.78, 5) is 11.2. The number of ether oxygens (including phenoxy) is 1. The SMILES string of the molecule is COC(=O)C(N)c1ccc(CNC(=N)N)cc1. The smallest absolute Gasteiger partial charge is 0.327 e. The first kappa shape index (κ1) is 13.0. The van der Waals surface area contributed by atoms with Crippen LogP contribution in [0.5, 0.6) is 0 Å². The number of rotatable bonds is 4. The largest absolute Gasteiger partial charge is 0.468 e. The molecule has 6 N–H and O–H groups in total. The number of esters is 1. The highest BCUT2D eigenvalue weighted by molar-refractivity contribution is 5.77. The van der Waals surface area contributed by atoms with Crippen LogP contribution >= 0.6 is 0 Å². The average molecular weight is 236 g/mol. The van der Waals surface area contributed by atoms with Gasteiger partial charge in [-0.25, -0.2) is 0 Å². The second-order valence-electron chi connectivity index (χ2n) is 3.51. The molecule has 0 amide bonds. The quantitative estimate of drug-likeness (QED) is 0.329. The second-order valence-corrected chi connectivity index (χ2v) is 3.51. The first-order valence-electron chi connectivity index (χ1n) is 5.04. The van der Waals surface area contributed by atoms with Gasteiger partial charge in [0.1, 0.15) is 6.04 Å². The van der Waals surface area contributed by atoms with Crippen molar-refractivity contribution in [2.45, 2.75) is 12.6 Å². The molecule has 6 nitrogen and oxygen atoms in total. The molecule has 0 saturated carbocycles. The summed E-state index contributed by atoms with van der Waals surface area (Å²) >= 11 is 0. The van der Waals surface area contributed by atoms with E-state index in [1.165, 1.54) is 7.11 Å². The molecule has 0 aliphatic heterocycles. The lowest BCUT2D eigenvalue weighted by molar-refractivity contribution is -0.142. The van der Waals surface area contributed by atoms with Crippen LogP contribution in [0.1, 0.15) is 17.2 Å².